The van der Waals surface area contributed by atoms with Crippen LogP contribution in [0.1, 0.15) is 49.9 Å². The molecule has 0 bridgehead atoms. The van der Waals surface area contributed by atoms with Gasteiger partial charge in [0.2, 0.25) is 11.8 Å². The second-order valence-corrected chi connectivity index (χ2v) is 7.61. The Morgan fingerprint density at radius 2 is 2.08 bits per heavy atom. The first-order valence-electron chi connectivity index (χ1n) is 8.89. The number of H-pyrrole nitrogens is 1. The fourth-order valence-electron chi connectivity index (χ4n) is 4.11. The molecule has 26 heavy (non-hydrogen) atoms. The summed E-state index contributed by atoms with van der Waals surface area (Å²) in [6, 6.07) is 9.84. The molecule has 1 saturated carbocycles. The van der Waals surface area contributed by atoms with Gasteiger partial charge in [-0.05, 0) is 24.8 Å². The average Bonchev–Trinajstić information content (AvgIpc) is 3.28. The fraction of sp³-hybridized carbons (Fsp3) is 0.500. The summed E-state index contributed by atoms with van der Waals surface area (Å²) in [5.41, 5.74) is 0.0575. The Kier molecular flexibility index (Phi) is 3.97. The smallest absolute Gasteiger partial charge is 0.226 e. The molecule has 1 aliphatic heterocycles. The molecular weight excluding hydrogens is 332 g/mol. The summed E-state index contributed by atoms with van der Waals surface area (Å²) in [6.45, 7) is 2.35. The number of aromatic nitrogens is 4. The van der Waals surface area contributed by atoms with Gasteiger partial charge in [-0.2, -0.15) is 5.21 Å². The number of benzene rings is 1. The maximum Gasteiger partial charge on any atom is 0.226 e. The molecule has 2 amide bonds. The lowest BCUT2D eigenvalue weighted by Gasteiger charge is -2.43. The standard InChI is InChI=1S/C18H22N6O2/c1-17(9-12(10-17)15-21-23-24-22-15)16(26)19-11-18(8-7-14(25)20-18)13-5-3-2-4-6-13/h2-6,12H,7-11H2,1H3,(H,19,26)(H,20,25)(H,21,22,23,24). The minimum Gasteiger partial charge on any atom is -0.353 e. The summed E-state index contributed by atoms with van der Waals surface area (Å²) in [4.78, 5) is 24.7. The molecule has 1 aromatic carbocycles. The number of rotatable bonds is 5. The van der Waals surface area contributed by atoms with Gasteiger partial charge < -0.3 is 10.6 Å². The molecule has 1 aliphatic carbocycles. The molecule has 136 valence electrons. The molecule has 1 saturated heterocycles. The normalized spacial score (nSPS) is 30.5. The summed E-state index contributed by atoms with van der Waals surface area (Å²) in [5.74, 6) is 0.863. The van der Waals surface area contributed by atoms with Gasteiger partial charge >= 0.3 is 0 Å². The summed E-state index contributed by atoms with van der Waals surface area (Å²) in [5, 5.41) is 20.2. The molecule has 3 N–H and O–H groups in total. The lowest BCUT2D eigenvalue weighted by molar-refractivity contribution is -0.136. The molecule has 1 atom stereocenters. The third kappa shape index (κ3) is 2.85. The zero-order valence-electron chi connectivity index (χ0n) is 14.7. The van der Waals surface area contributed by atoms with Crippen molar-refractivity contribution in [1.29, 1.82) is 0 Å². The Morgan fingerprint density at radius 1 is 1.31 bits per heavy atom. The zero-order valence-corrected chi connectivity index (χ0v) is 14.7. The summed E-state index contributed by atoms with van der Waals surface area (Å²) < 4.78 is 0. The van der Waals surface area contributed by atoms with Gasteiger partial charge in [-0.3, -0.25) is 9.59 Å². The first kappa shape index (κ1) is 16.7. The van der Waals surface area contributed by atoms with Crippen molar-refractivity contribution in [3.63, 3.8) is 0 Å². The van der Waals surface area contributed by atoms with E-state index in [-0.39, 0.29) is 17.7 Å². The number of nitrogens with zero attached hydrogens (tertiary/aromatic N) is 3. The molecule has 2 fully saturated rings. The molecule has 4 rings (SSSR count). The van der Waals surface area contributed by atoms with Crippen LogP contribution in [0.2, 0.25) is 0 Å². The summed E-state index contributed by atoms with van der Waals surface area (Å²) >= 11 is 0. The number of nitrogens with one attached hydrogen (secondary N) is 3. The minimum atomic E-state index is -0.527. The van der Waals surface area contributed by atoms with Crippen molar-refractivity contribution in [3.8, 4) is 0 Å². The maximum absolute atomic E-state index is 12.8. The average molecular weight is 354 g/mol. The van der Waals surface area contributed by atoms with Crippen molar-refractivity contribution in [3.05, 3.63) is 41.7 Å². The molecule has 2 aliphatic rings. The number of hydrogen-bond acceptors (Lipinski definition) is 5. The van der Waals surface area contributed by atoms with E-state index in [0.29, 0.717) is 38.1 Å². The van der Waals surface area contributed by atoms with Crippen molar-refractivity contribution < 1.29 is 9.59 Å². The van der Waals surface area contributed by atoms with Gasteiger partial charge in [0.15, 0.2) is 5.82 Å². The first-order valence-corrected chi connectivity index (χ1v) is 8.89. The highest BCUT2D eigenvalue weighted by Crippen LogP contribution is 2.50. The second-order valence-electron chi connectivity index (χ2n) is 7.61. The topological polar surface area (TPSA) is 113 Å². The molecule has 1 unspecified atom stereocenters. The number of hydrogen-bond donors (Lipinski definition) is 3. The third-order valence-electron chi connectivity index (χ3n) is 5.70. The van der Waals surface area contributed by atoms with Gasteiger partial charge in [-0.1, -0.05) is 42.5 Å². The van der Waals surface area contributed by atoms with Gasteiger partial charge in [0, 0.05) is 24.3 Å². The Morgan fingerprint density at radius 3 is 2.69 bits per heavy atom. The number of aromatic amines is 1. The molecule has 8 heteroatoms. The highest BCUT2D eigenvalue weighted by atomic mass is 16.2. The van der Waals surface area contributed by atoms with E-state index in [1.165, 1.54) is 0 Å². The van der Waals surface area contributed by atoms with E-state index in [1.54, 1.807) is 0 Å². The molecule has 2 heterocycles. The zero-order chi connectivity index (χ0) is 18.2. The van der Waals surface area contributed by atoms with Crippen LogP contribution in [0.15, 0.2) is 30.3 Å². The van der Waals surface area contributed by atoms with Gasteiger partial charge in [0.1, 0.15) is 0 Å². The van der Waals surface area contributed by atoms with E-state index in [0.717, 1.165) is 5.56 Å². The van der Waals surface area contributed by atoms with Crippen LogP contribution in [0.3, 0.4) is 0 Å². The predicted molar refractivity (Wildman–Crippen MR) is 92.8 cm³/mol. The fourth-order valence-corrected chi connectivity index (χ4v) is 4.11. The summed E-state index contributed by atoms with van der Waals surface area (Å²) in [7, 11) is 0. The van der Waals surface area contributed by atoms with Gasteiger partial charge in [0.25, 0.3) is 0 Å². The van der Waals surface area contributed by atoms with Crippen molar-refractivity contribution in [2.45, 2.75) is 44.1 Å². The molecule has 8 nitrogen and oxygen atoms in total. The number of amides is 2. The molecule has 0 radical (unpaired) electrons. The van der Waals surface area contributed by atoms with Crippen molar-refractivity contribution >= 4 is 11.8 Å². The Balaban J connectivity index is 1.42. The largest absolute Gasteiger partial charge is 0.353 e. The van der Waals surface area contributed by atoms with Crippen LogP contribution in [-0.2, 0) is 15.1 Å². The van der Waals surface area contributed by atoms with E-state index in [1.807, 2.05) is 37.3 Å². The quantitative estimate of drug-likeness (QED) is 0.742. The van der Waals surface area contributed by atoms with E-state index in [4.69, 9.17) is 0 Å². The van der Waals surface area contributed by atoms with E-state index < -0.39 is 11.0 Å². The van der Waals surface area contributed by atoms with Gasteiger partial charge in [-0.25, -0.2) is 0 Å². The number of tetrazole rings is 1. The van der Waals surface area contributed by atoms with Crippen LogP contribution in [0.4, 0.5) is 0 Å². The van der Waals surface area contributed by atoms with Gasteiger partial charge in [-0.15, -0.1) is 10.2 Å². The third-order valence-corrected chi connectivity index (χ3v) is 5.70. The lowest BCUT2D eigenvalue weighted by atomic mass is 9.62. The van der Waals surface area contributed by atoms with Gasteiger partial charge in [0.05, 0.1) is 5.54 Å². The highest BCUT2D eigenvalue weighted by Gasteiger charge is 2.49. The molecular formula is C18H22N6O2. The van der Waals surface area contributed by atoms with Crippen LogP contribution >= 0.6 is 0 Å². The lowest BCUT2D eigenvalue weighted by Crippen LogP contribution is -2.53. The van der Waals surface area contributed by atoms with Crippen molar-refractivity contribution in [1.82, 2.24) is 31.3 Å². The molecule has 2 aromatic rings. The monoisotopic (exact) mass is 354 g/mol. The van der Waals surface area contributed by atoms with E-state index in [9.17, 15) is 9.59 Å². The van der Waals surface area contributed by atoms with Crippen LogP contribution in [0, 0.1) is 5.41 Å². The van der Waals surface area contributed by atoms with Crippen LogP contribution in [0.5, 0.6) is 0 Å². The minimum absolute atomic E-state index is 0.00806. The number of carbonyl (C=O) groups excluding carboxylic acids is 2. The van der Waals surface area contributed by atoms with Crippen LogP contribution in [0.25, 0.3) is 0 Å². The highest BCUT2D eigenvalue weighted by molar-refractivity contribution is 5.84. The maximum atomic E-state index is 12.8. The Labute approximate surface area is 151 Å². The Bertz CT molecular complexity index is 800. The first-order chi connectivity index (χ1) is 12.5. The Hall–Kier alpha value is -2.77. The van der Waals surface area contributed by atoms with Crippen LogP contribution in [-0.4, -0.2) is 39.0 Å². The SMILES string of the molecule is CC1(C(=O)NCC2(c3ccccc3)CCC(=O)N2)CC(c2nn[nH]n2)C1. The predicted octanol–water partition coefficient (Wildman–Crippen LogP) is 1.01. The molecule has 1 aromatic heterocycles. The van der Waals surface area contributed by atoms with Crippen LogP contribution < -0.4 is 10.6 Å². The number of carbonyl (C=O) groups is 2. The second kappa shape index (κ2) is 6.19. The van der Waals surface area contributed by atoms with E-state index in [2.05, 4.69) is 31.3 Å². The van der Waals surface area contributed by atoms with Crippen molar-refractivity contribution in [2.24, 2.45) is 5.41 Å². The molecule has 0 spiro atoms. The summed E-state index contributed by atoms with van der Waals surface area (Å²) in [6.07, 6.45) is 2.55. The van der Waals surface area contributed by atoms with Crippen molar-refractivity contribution in [2.75, 3.05) is 6.54 Å². The van der Waals surface area contributed by atoms with E-state index >= 15 is 0 Å².